The first kappa shape index (κ1) is 29.1. The third-order valence-electron chi connectivity index (χ3n) is 7.19. The highest BCUT2D eigenvalue weighted by Gasteiger charge is 2.19. The SMILES string of the molecule is CC[n+]1c(/C=C/c2ccc(N(C)CCC#N)cc2)cc(-c2ccc(N(C)CCC#N)cc2)cc1-c1ccc(F)cc1. The Morgan fingerprint density at radius 2 is 1.24 bits per heavy atom. The summed E-state index contributed by atoms with van der Waals surface area (Å²) >= 11 is 0. The van der Waals surface area contributed by atoms with Crippen LogP contribution in [-0.2, 0) is 6.54 Å². The van der Waals surface area contributed by atoms with Gasteiger partial charge in [-0.3, -0.25) is 0 Å². The molecule has 5 nitrogen and oxygen atoms in total. The third-order valence-corrected chi connectivity index (χ3v) is 7.19. The van der Waals surface area contributed by atoms with Crippen LogP contribution in [0.3, 0.4) is 0 Å². The maximum atomic E-state index is 13.8. The highest BCUT2D eigenvalue weighted by Crippen LogP contribution is 2.28. The molecule has 6 heteroatoms. The highest BCUT2D eigenvalue weighted by molar-refractivity contribution is 5.75. The first-order valence-corrected chi connectivity index (χ1v) is 13.8. The van der Waals surface area contributed by atoms with Crippen molar-refractivity contribution in [2.24, 2.45) is 0 Å². The number of nitriles is 2. The average molecular weight is 545 g/mol. The van der Waals surface area contributed by atoms with E-state index in [1.807, 2.05) is 26.2 Å². The van der Waals surface area contributed by atoms with Gasteiger partial charge in [0.1, 0.15) is 12.4 Å². The molecule has 1 aromatic heterocycles. The van der Waals surface area contributed by atoms with Crippen molar-refractivity contribution in [3.8, 4) is 34.5 Å². The molecular weight excluding hydrogens is 509 g/mol. The van der Waals surface area contributed by atoms with Gasteiger partial charge in [0.2, 0.25) is 11.4 Å². The van der Waals surface area contributed by atoms with E-state index in [0.717, 1.165) is 51.6 Å². The predicted molar refractivity (Wildman–Crippen MR) is 166 cm³/mol. The Bertz CT molecular complexity index is 1560. The summed E-state index contributed by atoms with van der Waals surface area (Å²) in [7, 11) is 3.98. The van der Waals surface area contributed by atoms with Crippen LogP contribution in [0.2, 0.25) is 0 Å². The van der Waals surface area contributed by atoms with Crippen molar-refractivity contribution < 1.29 is 8.96 Å². The monoisotopic (exact) mass is 544 g/mol. The molecule has 1 heterocycles. The zero-order valence-corrected chi connectivity index (χ0v) is 23.9. The molecule has 206 valence electrons. The topological polar surface area (TPSA) is 57.9 Å². The minimum absolute atomic E-state index is 0.258. The van der Waals surface area contributed by atoms with Crippen LogP contribution in [-0.4, -0.2) is 27.2 Å². The van der Waals surface area contributed by atoms with Gasteiger partial charge in [0.15, 0.2) is 0 Å². The molecule has 0 unspecified atom stereocenters. The lowest BCUT2D eigenvalue weighted by atomic mass is 10.0. The predicted octanol–water partition coefficient (Wildman–Crippen LogP) is 7.34. The highest BCUT2D eigenvalue weighted by atomic mass is 19.1. The first-order chi connectivity index (χ1) is 19.9. The molecule has 0 fully saturated rings. The van der Waals surface area contributed by atoms with E-state index < -0.39 is 0 Å². The zero-order chi connectivity index (χ0) is 29.2. The Labute approximate surface area is 242 Å². The Morgan fingerprint density at radius 3 is 1.78 bits per heavy atom. The number of nitrogens with zero attached hydrogens (tertiary/aromatic N) is 5. The molecule has 0 saturated heterocycles. The van der Waals surface area contributed by atoms with Crippen molar-refractivity contribution in [2.75, 3.05) is 37.0 Å². The Kier molecular flexibility index (Phi) is 9.86. The summed E-state index contributed by atoms with van der Waals surface area (Å²) in [6.07, 6.45) is 5.19. The maximum Gasteiger partial charge on any atom is 0.213 e. The van der Waals surface area contributed by atoms with Crippen molar-refractivity contribution in [3.63, 3.8) is 0 Å². The summed E-state index contributed by atoms with van der Waals surface area (Å²) in [5.74, 6) is -0.258. The zero-order valence-electron chi connectivity index (χ0n) is 23.9. The van der Waals surface area contributed by atoms with E-state index >= 15 is 0 Å². The van der Waals surface area contributed by atoms with E-state index in [0.29, 0.717) is 25.9 Å². The van der Waals surface area contributed by atoms with Crippen LogP contribution >= 0.6 is 0 Å². The van der Waals surface area contributed by atoms with Crippen LogP contribution < -0.4 is 14.4 Å². The molecule has 0 N–H and O–H groups in total. The normalized spacial score (nSPS) is 10.8. The summed E-state index contributed by atoms with van der Waals surface area (Å²) in [4.78, 5) is 4.15. The number of aromatic nitrogens is 1. The molecule has 0 amide bonds. The second-order valence-electron chi connectivity index (χ2n) is 9.94. The van der Waals surface area contributed by atoms with Gasteiger partial charge in [-0.15, -0.1) is 0 Å². The Morgan fingerprint density at radius 1 is 0.707 bits per heavy atom. The molecule has 41 heavy (non-hydrogen) atoms. The number of pyridine rings is 1. The largest absolute Gasteiger partial charge is 0.374 e. The number of halogens is 1. The van der Waals surface area contributed by atoms with Crippen molar-refractivity contribution in [1.29, 1.82) is 10.5 Å². The fraction of sp³-hybridized carbons (Fsp3) is 0.229. The van der Waals surface area contributed by atoms with Crippen LogP contribution in [0, 0.1) is 28.5 Å². The van der Waals surface area contributed by atoms with Gasteiger partial charge in [0, 0.05) is 62.3 Å². The molecule has 3 aromatic carbocycles. The lowest BCUT2D eigenvalue weighted by molar-refractivity contribution is -0.684. The van der Waals surface area contributed by atoms with Crippen molar-refractivity contribution >= 4 is 23.5 Å². The minimum Gasteiger partial charge on any atom is -0.374 e. The third kappa shape index (κ3) is 7.38. The van der Waals surface area contributed by atoms with Crippen LogP contribution in [0.4, 0.5) is 15.8 Å². The lowest BCUT2D eigenvalue weighted by Gasteiger charge is -2.18. The number of rotatable bonds is 11. The first-order valence-electron chi connectivity index (χ1n) is 13.8. The van der Waals surface area contributed by atoms with Gasteiger partial charge in [0.25, 0.3) is 0 Å². The fourth-order valence-corrected chi connectivity index (χ4v) is 4.78. The molecule has 0 saturated carbocycles. The van der Waals surface area contributed by atoms with Gasteiger partial charge in [-0.2, -0.15) is 15.1 Å². The second-order valence-corrected chi connectivity index (χ2v) is 9.94. The molecule has 4 aromatic rings. The van der Waals surface area contributed by atoms with Gasteiger partial charge in [-0.1, -0.05) is 24.3 Å². The van der Waals surface area contributed by atoms with Crippen LogP contribution in [0.25, 0.3) is 34.5 Å². The van der Waals surface area contributed by atoms with E-state index in [-0.39, 0.29) is 5.82 Å². The van der Waals surface area contributed by atoms with Crippen molar-refractivity contribution in [1.82, 2.24) is 0 Å². The number of hydrogen-bond acceptors (Lipinski definition) is 4. The lowest BCUT2D eigenvalue weighted by Crippen LogP contribution is -2.38. The molecule has 0 aliphatic heterocycles. The fourth-order valence-electron chi connectivity index (χ4n) is 4.78. The maximum absolute atomic E-state index is 13.8. The molecule has 0 spiro atoms. The summed E-state index contributed by atoms with van der Waals surface area (Å²) in [5, 5.41) is 17.8. The molecule has 0 bridgehead atoms. The minimum atomic E-state index is -0.258. The van der Waals surface area contributed by atoms with Crippen molar-refractivity contribution in [3.05, 3.63) is 102 Å². The van der Waals surface area contributed by atoms with Gasteiger partial charge < -0.3 is 9.80 Å². The molecule has 0 atom stereocenters. The number of hydrogen-bond donors (Lipinski definition) is 0. The van der Waals surface area contributed by atoms with Crippen LogP contribution in [0.5, 0.6) is 0 Å². The summed E-state index contributed by atoms with van der Waals surface area (Å²) in [5.41, 5.74) is 8.34. The van der Waals surface area contributed by atoms with Crippen molar-refractivity contribution in [2.45, 2.75) is 26.3 Å². The van der Waals surface area contributed by atoms with Gasteiger partial charge >= 0.3 is 0 Å². The second kappa shape index (κ2) is 13.9. The molecular formula is C35H35FN5+. The van der Waals surface area contributed by atoms with Gasteiger partial charge in [-0.05, 0) is 78.2 Å². The molecule has 0 aliphatic rings. The standard InChI is InChI=1S/C35H35FN5/c1-4-41-34(18-9-27-7-16-32(17-8-27)39(2)23-5-21-37)25-30(26-35(41)29-10-14-31(36)15-11-29)28-12-19-33(20-13-28)40(3)24-6-22-38/h7-20,25-26H,4-6,23-24H2,1-3H3/q+1. The number of benzene rings is 3. The van der Waals surface area contributed by atoms with Crippen LogP contribution in [0.1, 0.15) is 31.0 Å². The summed E-state index contributed by atoms with van der Waals surface area (Å²) < 4.78 is 16.0. The van der Waals surface area contributed by atoms with E-state index in [1.165, 1.54) is 12.1 Å². The van der Waals surface area contributed by atoms with Crippen LogP contribution in [0.15, 0.2) is 84.9 Å². The summed E-state index contributed by atoms with van der Waals surface area (Å²) in [6.45, 7) is 4.23. The average Bonchev–Trinajstić information content (AvgIpc) is 3.01. The van der Waals surface area contributed by atoms with Gasteiger partial charge in [0.05, 0.1) is 25.0 Å². The smallest absolute Gasteiger partial charge is 0.213 e. The molecule has 4 rings (SSSR count). The van der Waals surface area contributed by atoms with E-state index in [2.05, 4.69) is 106 Å². The summed E-state index contributed by atoms with van der Waals surface area (Å²) in [6, 6.07) is 32.0. The Hall–Kier alpha value is -4.94. The Balaban J connectivity index is 1.72. The molecule has 0 radical (unpaired) electrons. The van der Waals surface area contributed by atoms with E-state index in [4.69, 9.17) is 10.5 Å². The van der Waals surface area contributed by atoms with E-state index in [1.54, 1.807) is 0 Å². The number of anilines is 2. The molecule has 0 aliphatic carbocycles. The quantitative estimate of drug-likeness (QED) is 0.185. The van der Waals surface area contributed by atoms with E-state index in [9.17, 15) is 4.39 Å². The van der Waals surface area contributed by atoms with Gasteiger partial charge in [-0.25, -0.2) is 4.39 Å².